The Morgan fingerprint density at radius 3 is 2.93 bits per heavy atom. The molecule has 0 radical (unpaired) electrons. The summed E-state index contributed by atoms with van der Waals surface area (Å²) in [7, 11) is 0. The van der Waals surface area contributed by atoms with Crippen molar-refractivity contribution in [2.75, 3.05) is 11.6 Å². The maximum absolute atomic E-state index is 11.4. The minimum atomic E-state index is -0.187. The van der Waals surface area contributed by atoms with Crippen molar-refractivity contribution in [2.24, 2.45) is 5.92 Å². The van der Waals surface area contributed by atoms with Crippen molar-refractivity contribution in [1.29, 1.82) is 0 Å². The van der Waals surface area contributed by atoms with Crippen LogP contribution in [0.1, 0.15) is 13.3 Å². The number of amides is 2. The van der Waals surface area contributed by atoms with Crippen molar-refractivity contribution in [3.8, 4) is 0 Å². The van der Waals surface area contributed by atoms with E-state index in [0.29, 0.717) is 22.2 Å². The number of rotatable bonds is 3. The highest BCUT2D eigenvalue weighted by atomic mass is 32.2. The molecular weight excluding hydrogens is 232 g/mol. The van der Waals surface area contributed by atoms with E-state index in [9.17, 15) is 4.79 Å². The molecule has 1 aromatic rings. The lowest BCUT2D eigenvalue weighted by molar-refractivity contribution is 0.251. The van der Waals surface area contributed by atoms with Crippen LogP contribution in [0.3, 0.4) is 0 Å². The minimum absolute atomic E-state index is 0.187. The second kappa shape index (κ2) is 4.36. The summed E-state index contributed by atoms with van der Waals surface area (Å²) in [6, 6.07) is 0.145. The number of carbonyl (C=O) groups excluding carboxylic acids is 1. The zero-order chi connectivity index (χ0) is 10.8. The monoisotopic (exact) mass is 244 g/mol. The number of hydrogen-bond donors (Lipinski definition) is 2. The molecule has 1 aliphatic rings. The molecule has 1 saturated carbocycles. The number of carbonyl (C=O) groups is 1. The summed E-state index contributed by atoms with van der Waals surface area (Å²) in [5, 5.41) is 6.77. The number of aromatic nitrogens is 2. The molecule has 1 aromatic heterocycles. The van der Waals surface area contributed by atoms with E-state index in [1.807, 2.05) is 6.26 Å². The van der Waals surface area contributed by atoms with Gasteiger partial charge in [-0.1, -0.05) is 18.7 Å². The van der Waals surface area contributed by atoms with Gasteiger partial charge in [0.05, 0.1) is 0 Å². The first-order valence-corrected chi connectivity index (χ1v) is 6.64. The Hall–Kier alpha value is -0.820. The van der Waals surface area contributed by atoms with E-state index in [1.165, 1.54) is 23.3 Å². The van der Waals surface area contributed by atoms with Gasteiger partial charge in [0.2, 0.25) is 10.3 Å². The maximum Gasteiger partial charge on any atom is 0.321 e. The Morgan fingerprint density at radius 2 is 2.40 bits per heavy atom. The molecule has 1 heterocycles. The zero-order valence-electron chi connectivity index (χ0n) is 8.48. The molecule has 2 amide bonds. The second-order valence-electron chi connectivity index (χ2n) is 3.50. The average Bonchev–Trinajstić information content (AvgIpc) is 2.72. The van der Waals surface area contributed by atoms with Crippen LogP contribution in [-0.4, -0.2) is 27.7 Å². The smallest absolute Gasteiger partial charge is 0.321 e. The summed E-state index contributed by atoms with van der Waals surface area (Å²) in [5.74, 6) is 0.604. The van der Waals surface area contributed by atoms with E-state index in [1.54, 1.807) is 0 Å². The fraction of sp³-hybridized carbons (Fsp3) is 0.625. The summed E-state index contributed by atoms with van der Waals surface area (Å²) in [5.41, 5.74) is 0. The van der Waals surface area contributed by atoms with Crippen molar-refractivity contribution in [3.63, 3.8) is 0 Å². The molecule has 5 nitrogen and oxygen atoms in total. The Kier molecular flexibility index (Phi) is 3.11. The van der Waals surface area contributed by atoms with Crippen LogP contribution < -0.4 is 10.6 Å². The van der Waals surface area contributed by atoms with Crippen LogP contribution in [0.5, 0.6) is 0 Å². The molecule has 2 atom stereocenters. The van der Waals surface area contributed by atoms with Gasteiger partial charge in [-0.05, 0) is 18.6 Å². The quantitative estimate of drug-likeness (QED) is 0.795. The Bertz CT molecular complexity index is 367. The third-order valence-corrected chi connectivity index (χ3v) is 3.53. The van der Waals surface area contributed by atoms with Gasteiger partial charge in [0.25, 0.3) is 0 Å². The highest BCUT2D eigenvalue weighted by Crippen LogP contribution is 2.29. The molecule has 1 fully saturated rings. The van der Waals surface area contributed by atoms with Crippen molar-refractivity contribution < 1.29 is 4.79 Å². The van der Waals surface area contributed by atoms with Gasteiger partial charge in [0.15, 0.2) is 0 Å². The fourth-order valence-electron chi connectivity index (χ4n) is 1.17. The van der Waals surface area contributed by atoms with Crippen molar-refractivity contribution in [2.45, 2.75) is 24.5 Å². The molecule has 1 aliphatic carbocycles. The molecule has 15 heavy (non-hydrogen) atoms. The topological polar surface area (TPSA) is 66.9 Å². The second-order valence-corrected chi connectivity index (χ2v) is 5.03. The number of hydrogen-bond acceptors (Lipinski definition) is 5. The number of anilines is 1. The summed E-state index contributed by atoms with van der Waals surface area (Å²) < 4.78 is 4.05. The number of nitrogens with zero attached hydrogens (tertiary/aromatic N) is 2. The molecule has 2 rings (SSSR count). The number of nitrogens with one attached hydrogen (secondary N) is 2. The van der Waals surface area contributed by atoms with Gasteiger partial charge in [-0.3, -0.25) is 5.32 Å². The average molecular weight is 244 g/mol. The van der Waals surface area contributed by atoms with Crippen molar-refractivity contribution >= 4 is 34.5 Å². The molecule has 0 aromatic carbocycles. The van der Waals surface area contributed by atoms with Crippen LogP contribution in [0.25, 0.3) is 0 Å². The largest absolute Gasteiger partial charge is 0.335 e. The van der Waals surface area contributed by atoms with Crippen LogP contribution in [-0.2, 0) is 0 Å². The molecule has 7 heteroatoms. The van der Waals surface area contributed by atoms with Gasteiger partial charge in [-0.15, -0.1) is 0 Å². The van der Waals surface area contributed by atoms with Gasteiger partial charge < -0.3 is 5.32 Å². The lowest BCUT2D eigenvalue weighted by atomic mass is 10.5. The zero-order valence-corrected chi connectivity index (χ0v) is 10.1. The van der Waals surface area contributed by atoms with E-state index in [2.05, 4.69) is 26.9 Å². The Morgan fingerprint density at radius 1 is 1.67 bits per heavy atom. The lowest BCUT2D eigenvalue weighted by Gasteiger charge is -2.02. The molecule has 0 unspecified atom stereocenters. The molecular formula is C8H12N4OS2. The molecule has 0 spiro atoms. The van der Waals surface area contributed by atoms with Crippen LogP contribution >= 0.6 is 23.3 Å². The van der Waals surface area contributed by atoms with Gasteiger partial charge in [-0.2, -0.15) is 9.36 Å². The highest BCUT2D eigenvalue weighted by Gasteiger charge is 2.33. The predicted molar refractivity (Wildman–Crippen MR) is 61.4 cm³/mol. The van der Waals surface area contributed by atoms with E-state index in [4.69, 9.17) is 0 Å². The maximum atomic E-state index is 11.4. The normalized spacial score (nSPS) is 23.6. The third kappa shape index (κ3) is 2.82. The van der Waals surface area contributed by atoms with Crippen molar-refractivity contribution in [1.82, 2.24) is 14.7 Å². The summed E-state index contributed by atoms with van der Waals surface area (Å²) in [4.78, 5) is 15.5. The lowest BCUT2D eigenvalue weighted by Crippen LogP contribution is -2.31. The fourth-order valence-corrected chi connectivity index (χ4v) is 2.29. The van der Waals surface area contributed by atoms with Crippen molar-refractivity contribution in [3.05, 3.63) is 0 Å². The van der Waals surface area contributed by atoms with Gasteiger partial charge >= 0.3 is 6.03 Å². The summed E-state index contributed by atoms with van der Waals surface area (Å²) >= 11 is 2.66. The predicted octanol–water partition coefficient (Wildman–Crippen LogP) is 1.79. The van der Waals surface area contributed by atoms with Crippen LogP contribution in [0, 0.1) is 5.92 Å². The summed E-state index contributed by atoms with van der Waals surface area (Å²) in [6.45, 7) is 2.11. The summed E-state index contributed by atoms with van der Waals surface area (Å²) in [6.07, 6.45) is 2.97. The standard InChI is InChI=1S/C8H12N4OS2/c1-4-3-5(4)9-6(13)10-7-11-8(14-2)12-15-7/h4-5H,3H2,1-2H3,(H2,9,10,11,12,13)/t4-,5-/m1/s1. The van der Waals surface area contributed by atoms with Gasteiger partial charge in [0, 0.05) is 17.6 Å². The molecule has 0 saturated heterocycles. The van der Waals surface area contributed by atoms with Gasteiger partial charge in [-0.25, -0.2) is 4.79 Å². The number of urea groups is 1. The Balaban J connectivity index is 1.82. The molecule has 0 bridgehead atoms. The highest BCUT2D eigenvalue weighted by molar-refractivity contribution is 7.98. The van der Waals surface area contributed by atoms with E-state index in [-0.39, 0.29) is 6.03 Å². The Labute approximate surface area is 96.2 Å². The molecule has 0 aliphatic heterocycles. The van der Waals surface area contributed by atoms with E-state index in [0.717, 1.165) is 6.42 Å². The first kappa shape index (κ1) is 10.7. The van der Waals surface area contributed by atoms with E-state index < -0.39 is 0 Å². The number of thioether (sulfide) groups is 1. The SMILES string of the molecule is CSc1nsc(NC(=O)N[C@@H]2C[C@H]2C)n1. The first-order valence-electron chi connectivity index (χ1n) is 4.64. The van der Waals surface area contributed by atoms with Crippen LogP contribution in [0.15, 0.2) is 5.16 Å². The van der Waals surface area contributed by atoms with Crippen LogP contribution in [0.2, 0.25) is 0 Å². The molecule has 2 N–H and O–H groups in total. The molecule has 82 valence electrons. The third-order valence-electron chi connectivity index (χ3n) is 2.24. The van der Waals surface area contributed by atoms with E-state index >= 15 is 0 Å². The minimum Gasteiger partial charge on any atom is -0.335 e. The van der Waals surface area contributed by atoms with Crippen LogP contribution in [0.4, 0.5) is 9.93 Å². The first-order chi connectivity index (χ1) is 7.19. The van der Waals surface area contributed by atoms with Gasteiger partial charge in [0.1, 0.15) is 0 Å².